The zero-order chi connectivity index (χ0) is 14.5. The van der Waals surface area contributed by atoms with Gasteiger partial charge in [0.25, 0.3) is 0 Å². The van der Waals surface area contributed by atoms with Crippen molar-refractivity contribution in [1.29, 1.82) is 0 Å². The Labute approximate surface area is 122 Å². The van der Waals surface area contributed by atoms with Gasteiger partial charge in [0.1, 0.15) is 5.75 Å². The second-order valence-electron chi connectivity index (χ2n) is 5.68. The summed E-state index contributed by atoms with van der Waals surface area (Å²) in [5, 5.41) is 3.60. The molecule has 2 unspecified atom stereocenters. The van der Waals surface area contributed by atoms with E-state index in [9.17, 15) is 0 Å². The van der Waals surface area contributed by atoms with Crippen LogP contribution in [-0.4, -0.2) is 26.4 Å². The molecule has 2 rings (SSSR count). The van der Waals surface area contributed by atoms with E-state index in [1.165, 1.54) is 29.5 Å². The van der Waals surface area contributed by atoms with E-state index < -0.39 is 0 Å². The van der Waals surface area contributed by atoms with Crippen molar-refractivity contribution in [1.82, 2.24) is 5.32 Å². The van der Waals surface area contributed by atoms with Crippen LogP contribution in [0.15, 0.2) is 12.1 Å². The Balaban J connectivity index is 2.27. The molecule has 0 amide bonds. The normalized spacial score (nSPS) is 20.1. The molecule has 1 aromatic carbocycles. The lowest BCUT2D eigenvalue weighted by Crippen LogP contribution is -2.26. The van der Waals surface area contributed by atoms with Crippen molar-refractivity contribution >= 4 is 0 Å². The van der Waals surface area contributed by atoms with E-state index in [1.54, 1.807) is 7.11 Å². The van der Waals surface area contributed by atoms with Gasteiger partial charge in [0, 0.05) is 18.2 Å². The summed E-state index contributed by atoms with van der Waals surface area (Å²) in [6.45, 7) is 8.30. The van der Waals surface area contributed by atoms with E-state index in [4.69, 9.17) is 9.47 Å². The SMILES string of the molecule is CCNC(CC1CCCO1)c1c(C)cc(C)cc1OC. The van der Waals surface area contributed by atoms with Crippen LogP contribution in [0.3, 0.4) is 0 Å². The van der Waals surface area contributed by atoms with Crippen LogP contribution in [0.5, 0.6) is 5.75 Å². The van der Waals surface area contributed by atoms with Gasteiger partial charge in [0.15, 0.2) is 0 Å². The molecule has 0 saturated carbocycles. The van der Waals surface area contributed by atoms with Gasteiger partial charge in [-0.3, -0.25) is 0 Å². The standard InChI is InChI=1S/C17H27NO2/c1-5-18-15(11-14-7-6-8-20-14)17-13(3)9-12(2)10-16(17)19-4/h9-10,14-15,18H,5-8,11H2,1-4H3. The summed E-state index contributed by atoms with van der Waals surface area (Å²) in [4.78, 5) is 0. The lowest BCUT2D eigenvalue weighted by atomic mass is 9.93. The van der Waals surface area contributed by atoms with Gasteiger partial charge in [0.2, 0.25) is 0 Å². The van der Waals surface area contributed by atoms with E-state index >= 15 is 0 Å². The van der Waals surface area contributed by atoms with Gasteiger partial charge in [-0.1, -0.05) is 13.0 Å². The second kappa shape index (κ2) is 7.09. The molecule has 0 spiro atoms. The first-order chi connectivity index (χ1) is 9.65. The molecule has 2 atom stereocenters. The van der Waals surface area contributed by atoms with E-state index in [1.807, 2.05) is 0 Å². The van der Waals surface area contributed by atoms with Crippen LogP contribution in [0.25, 0.3) is 0 Å². The fraction of sp³-hybridized carbons (Fsp3) is 0.647. The number of ether oxygens (including phenoxy) is 2. The molecule has 1 N–H and O–H groups in total. The van der Waals surface area contributed by atoms with Gasteiger partial charge in [-0.2, -0.15) is 0 Å². The summed E-state index contributed by atoms with van der Waals surface area (Å²) < 4.78 is 11.4. The first kappa shape index (κ1) is 15.3. The molecule has 3 heteroatoms. The van der Waals surface area contributed by atoms with Gasteiger partial charge in [0.05, 0.1) is 13.2 Å². The monoisotopic (exact) mass is 277 g/mol. The number of nitrogens with one attached hydrogen (secondary N) is 1. The van der Waals surface area contributed by atoms with E-state index in [2.05, 4.69) is 38.2 Å². The molecule has 112 valence electrons. The summed E-state index contributed by atoms with van der Waals surface area (Å²) in [6, 6.07) is 4.67. The molecule has 1 heterocycles. The fourth-order valence-corrected chi connectivity index (χ4v) is 3.20. The summed E-state index contributed by atoms with van der Waals surface area (Å²) in [7, 11) is 1.76. The number of benzene rings is 1. The van der Waals surface area contributed by atoms with E-state index in [0.717, 1.165) is 25.3 Å². The van der Waals surface area contributed by atoms with Gasteiger partial charge >= 0.3 is 0 Å². The Kier molecular flexibility index (Phi) is 5.44. The Morgan fingerprint density at radius 3 is 2.80 bits per heavy atom. The van der Waals surface area contributed by atoms with Gasteiger partial charge in [-0.25, -0.2) is 0 Å². The number of rotatable bonds is 6. The van der Waals surface area contributed by atoms with Crippen LogP contribution in [0, 0.1) is 13.8 Å². The number of hydrogen-bond acceptors (Lipinski definition) is 3. The summed E-state index contributed by atoms with van der Waals surface area (Å²) in [5.74, 6) is 0.992. The van der Waals surface area contributed by atoms with Crippen molar-refractivity contribution in [2.24, 2.45) is 0 Å². The predicted molar refractivity (Wildman–Crippen MR) is 82.5 cm³/mol. The van der Waals surface area contributed by atoms with E-state index in [-0.39, 0.29) is 0 Å². The van der Waals surface area contributed by atoms with Crippen LogP contribution in [-0.2, 0) is 4.74 Å². The maximum Gasteiger partial charge on any atom is 0.124 e. The summed E-state index contributed by atoms with van der Waals surface area (Å²) >= 11 is 0. The largest absolute Gasteiger partial charge is 0.496 e. The Morgan fingerprint density at radius 2 is 2.20 bits per heavy atom. The molecule has 1 aliphatic rings. The number of hydrogen-bond donors (Lipinski definition) is 1. The van der Waals surface area contributed by atoms with Crippen molar-refractivity contribution in [3.63, 3.8) is 0 Å². The van der Waals surface area contributed by atoms with Gasteiger partial charge in [-0.15, -0.1) is 0 Å². The number of aryl methyl sites for hydroxylation is 2. The third kappa shape index (κ3) is 3.53. The molecule has 0 radical (unpaired) electrons. The average molecular weight is 277 g/mol. The minimum Gasteiger partial charge on any atom is -0.496 e. The first-order valence-electron chi connectivity index (χ1n) is 7.65. The minimum atomic E-state index is 0.304. The molecule has 1 fully saturated rings. The predicted octanol–water partition coefficient (Wildman–Crippen LogP) is 3.53. The fourth-order valence-electron chi connectivity index (χ4n) is 3.20. The molecular weight excluding hydrogens is 250 g/mol. The third-order valence-electron chi connectivity index (χ3n) is 4.03. The quantitative estimate of drug-likeness (QED) is 0.863. The van der Waals surface area contributed by atoms with Crippen LogP contribution in [0.2, 0.25) is 0 Å². The highest BCUT2D eigenvalue weighted by Crippen LogP contribution is 2.34. The molecule has 0 bridgehead atoms. The van der Waals surface area contributed by atoms with Crippen LogP contribution < -0.4 is 10.1 Å². The molecule has 0 aliphatic carbocycles. The topological polar surface area (TPSA) is 30.5 Å². The molecule has 1 aromatic rings. The van der Waals surface area contributed by atoms with Crippen LogP contribution in [0.4, 0.5) is 0 Å². The smallest absolute Gasteiger partial charge is 0.124 e. The Hall–Kier alpha value is -1.06. The van der Waals surface area contributed by atoms with Crippen LogP contribution >= 0.6 is 0 Å². The second-order valence-corrected chi connectivity index (χ2v) is 5.68. The van der Waals surface area contributed by atoms with Crippen LogP contribution in [0.1, 0.15) is 48.9 Å². The zero-order valence-electron chi connectivity index (χ0n) is 13.2. The van der Waals surface area contributed by atoms with Gasteiger partial charge in [-0.05, 0) is 56.8 Å². The first-order valence-corrected chi connectivity index (χ1v) is 7.65. The Bertz CT molecular complexity index is 439. The molecule has 1 aliphatic heterocycles. The highest BCUT2D eigenvalue weighted by Gasteiger charge is 2.24. The molecule has 0 aromatic heterocycles. The lowest BCUT2D eigenvalue weighted by molar-refractivity contribution is 0.0944. The van der Waals surface area contributed by atoms with Crippen molar-refractivity contribution in [2.45, 2.75) is 52.2 Å². The highest BCUT2D eigenvalue weighted by molar-refractivity contribution is 5.45. The molecule has 3 nitrogen and oxygen atoms in total. The van der Waals surface area contributed by atoms with Crippen molar-refractivity contribution in [2.75, 3.05) is 20.3 Å². The lowest BCUT2D eigenvalue weighted by Gasteiger charge is -2.25. The Morgan fingerprint density at radius 1 is 1.40 bits per heavy atom. The minimum absolute atomic E-state index is 0.304. The maximum absolute atomic E-state index is 5.81. The zero-order valence-corrected chi connectivity index (χ0v) is 13.2. The molecular formula is C17H27NO2. The van der Waals surface area contributed by atoms with Crippen molar-refractivity contribution < 1.29 is 9.47 Å². The van der Waals surface area contributed by atoms with Crippen molar-refractivity contribution in [3.8, 4) is 5.75 Å². The molecule has 20 heavy (non-hydrogen) atoms. The average Bonchev–Trinajstić information content (AvgIpc) is 2.90. The molecule has 1 saturated heterocycles. The van der Waals surface area contributed by atoms with Crippen molar-refractivity contribution in [3.05, 3.63) is 28.8 Å². The summed E-state index contributed by atoms with van der Waals surface area (Å²) in [6.07, 6.45) is 3.76. The van der Waals surface area contributed by atoms with E-state index in [0.29, 0.717) is 12.1 Å². The number of methoxy groups -OCH3 is 1. The summed E-state index contributed by atoms with van der Waals surface area (Å²) in [5.41, 5.74) is 3.83. The maximum atomic E-state index is 5.81. The van der Waals surface area contributed by atoms with Gasteiger partial charge < -0.3 is 14.8 Å². The highest BCUT2D eigenvalue weighted by atomic mass is 16.5. The third-order valence-corrected chi connectivity index (χ3v) is 4.03.